The van der Waals surface area contributed by atoms with Crippen LogP contribution >= 0.6 is 0 Å². The van der Waals surface area contributed by atoms with Crippen molar-refractivity contribution >= 4 is 16.9 Å². The lowest BCUT2D eigenvalue weighted by molar-refractivity contribution is -0.123. The molecule has 2 aliphatic carbocycles. The Hall–Kier alpha value is -1.98. The number of halogens is 2. The van der Waals surface area contributed by atoms with Crippen LogP contribution in [-0.4, -0.2) is 15.9 Å². The summed E-state index contributed by atoms with van der Waals surface area (Å²) in [6, 6.07) is 2.51. The zero-order valence-electron chi connectivity index (χ0n) is 12.0. The Bertz CT molecular complexity index is 738. The summed E-state index contributed by atoms with van der Waals surface area (Å²) in [4.78, 5) is 19.0. The van der Waals surface area contributed by atoms with Crippen molar-refractivity contribution in [2.75, 3.05) is 0 Å². The number of fused-ring (bicyclic) bond motifs is 1. The number of carbonyl (C=O) groups excluding carboxylic acids is 1. The molecule has 0 radical (unpaired) electrons. The van der Waals surface area contributed by atoms with Crippen LogP contribution in [0.4, 0.5) is 8.78 Å². The number of amides is 1. The SMILES string of the molecule is O=C(NCc1nc2c(F)c(F)ccc2[nH]1)[C@@H]1C[C@H]1C1CCC1. The predicted octanol–water partition coefficient (Wildman–Crippen LogP) is 2.89. The first kappa shape index (κ1) is 13.7. The van der Waals surface area contributed by atoms with E-state index in [0.29, 0.717) is 17.3 Å². The maximum atomic E-state index is 13.6. The van der Waals surface area contributed by atoms with Crippen LogP contribution in [0, 0.1) is 29.4 Å². The van der Waals surface area contributed by atoms with Crippen LogP contribution in [0.1, 0.15) is 31.5 Å². The van der Waals surface area contributed by atoms with Gasteiger partial charge in [-0.05, 0) is 30.4 Å². The average Bonchev–Trinajstić information content (AvgIpc) is 3.09. The molecule has 116 valence electrons. The molecular formula is C16H17F2N3O. The van der Waals surface area contributed by atoms with Crippen molar-refractivity contribution in [3.63, 3.8) is 0 Å². The maximum Gasteiger partial charge on any atom is 0.223 e. The molecule has 1 aromatic carbocycles. The molecule has 2 N–H and O–H groups in total. The zero-order chi connectivity index (χ0) is 15.3. The van der Waals surface area contributed by atoms with Gasteiger partial charge in [0.2, 0.25) is 5.91 Å². The van der Waals surface area contributed by atoms with Gasteiger partial charge in [0, 0.05) is 5.92 Å². The molecule has 22 heavy (non-hydrogen) atoms. The quantitative estimate of drug-likeness (QED) is 0.912. The Balaban J connectivity index is 1.39. The molecule has 0 aliphatic heterocycles. The van der Waals surface area contributed by atoms with Gasteiger partial charge in [0.1, 0.15) is 11.3 Å². The summed E-state index contributed by atoms with van der Waals surface area (Å²) in [7, 11) is 0. The number of nitrogens with zero attached hydrogens (tertiary/aromatic N) is 1. The van der Waals surface area contributed by atoms with Crippen molar-refractivity contribution in [3.05, 3.63) is 29.6 Å². The predicted molar refractivity (Wildman–Crippen MR) is 76.8 cm³/mol. The summed E-state index contributed by atoms with van der Waals surface area (Å²) >= 11 is 0. The number of aromatic amines is 1. The fraction of sp³-hybridized carbons (Fsp3) is 0.500. The monoisotopic (exact) mass is 305 g/mol. The largest absolute Gasteiger partial charge is 0.349 e. The topological polar surface area (TPSA) is 57.8 Å². The van der Waals surface area contributed by atoms with E-state index in [-0.39, 0.29) is 23.9 Å². The number of nitrogens with one attached hydrogen (secondary N) is 2. The van der Waals surface area contributed by atoms with Crippen LogP contribution in [0.25, 0.3) is 11.0 Å². The van der Waals surface area contributed by atoms with Crippen LogP contribution in [0.2, 0.25) is 0 Å². The van der Waals surface area contributed by atoms with Gasteiger partial charge in [-0.15, -0.1) is 0 Å². The summed E-state index contributed by atoms with van der Waals surface area (Å²) in [5.74, 6) is 0.0195. The summed E-state index contributed by atoms with van der Waals surface area (Å²) in [5.41, 5.74) is 0.407. The summed E-state index contributed by atoms with van der Waals surface area (Å²) in [5, 5.41) is 2.84. The molecule has 4 rings (SSSR count). The first-order valence-corrected chi connectivity index (χ1v) is 7.74. The first-order chi connectivity index (χ1) is 10.6. The Labute approximate surface area is 126 Å². The normalized spacial score (nSPS) is 24.3. The highest BCUT2D eigenvalue weighted by molar-refractivity contribution is 5.81. The lowest BCUT2D eigenvalue weighted by atomic mass is 9.81. The van der Waals surface area contributed by atoms with Gasteiger partial charge in [0.05, 0.1) is 12.1 Å². The molecule has 0 saturated heterocycles. The summed E-state index contributed by atoms with van der Waals surface area (Å²) in [6.07, 6.45) is 4.78. The second-order valence-electron chi connectivity index (χ2n) is 6.36. The molecule has 1 heterocycles. The third kappa shape index (κ3) is 2.26. The average molecular weight is 305 g/mol. The van der Waals surface area contributed by atoms with Gasteiger partial charge < -0.3 is 10.3 Å². The molecule has 2 atom stereocenters. The fourth-order valence-electron chi connectivity index (χ4n) is 3.36. The Kier molecular flexibility index (Phi) is 3.13. The van der Waals surface area contributed by atoms with Gasteiger partial charge >= 0.3 is 0 Å². The van der Waals surface area contributed by atoms with Crippen LogP contribution in [0.3, 0.4) is 0 Å². The van der Waals surface area contributed by atoms with E-state index in [1.807, 2.05) is 0 Å². The van der Waals surface area contributed by atoms with Gasteiger partial charge in [-0.2, -0.15) is 0 Å². The van der Waals surface area contributed by atoms with Crippen molar-refractivity contribution in [1.29, 1.82) is 0 Å². The Morgan fingerprint density at radius 1 is 1.36 bits per heavy atom. The third-order valence-corrected chi connectivity index (χ3v) is 4.96. The standard InChI is InChI=1S/C16H17F2N3O/c17-11-4-5-12-15(14(11)18)21-13(20-12)7-19-16(22)10-6-9(10)8-2-1-3-8/h4-5,8-10H,1-3,6-7H2,(H,19,22)(H,20,21)/t9-,10+/m0/s1. The van der Waals surface area contributed by atoms with Crippen molar-refractivity contribution < 1.29 is 13.6 Å². The molecule has 0 bridgehead atoms. The number of carbonyl (C=O) groups is 1. The number of aromatic nitrogens is 2. The molecule has 2 aliphatic rings. The molecule has 2 aromatic rings. The molecule has 4 nitrogen and oxygen atoms in total. The second kappa shape index (κ2) is 5.04. The lowest BCUT2D eigenvalue weighted by Gasteiger charge is -2.25. The summed E-state index contributed by atoms with van der Waals surface area (Å²) in [6.45, 7) is 0.211. The molecule has 2 saturated carbocycles. The lowest BCUT2D eigenvalue weighted by Crippen LogP contribution is -2.27. The second-order valence-corrected chi connectivity index (χ2v) is 6.36. The van der Waals surface area contributed by atoms with Crippen LogP contribution in [-0.2, 0) is 11.3 Å². The van der Waals surface area contributed by atoms with E-state index >= 15 is 0 Å². The maximum absolute atomic E-state index is 13.6. The van der Waals surface area contributed by atoms with E-state index < -0.39 is 11.6 Å². The van der Waals surface area contributed by atoms with Crippen molar-refractivity contribution in [3.8, 4) is 0 Å². The van der Waals surface area contributed by atoms with Gasteiger partial charge in [0.25, 0.3) is 0 Å². The molecule has 1 aromatic heterocycles. The number of hydrogen-bond donors (Lipinski definition) is 2. The fourth-order valence-corrected chi connectivity index (χ4v) is 3.36. The molecule has 0 unspecified atom stereocenters. The van der Waals surface area contributed by atoms with Crippen LogP contribution < -0.4 is 5.32 Å². The van der Waals surface area contributed by atoms with Crippen molar-refractivity contribution in [1.82, 2.24) is 15.3 Å². The van der Waals surface area contributed by atoms with Crippen molar-refractivity contribution in [2.45, 2.75) is 32.2 Å². The number of rotatable bonds is 4. The van der Waals surface area contributed by atoms with E-state index in [1.165, 1.54) is 25.3 Å². The number of imidazole rings is 1. The van der Waals surface area contributed by atoms with E-state index in [0.717, 1.165) is 18.4 Å². The first-order valence-electron chi connectivity index (χ1n) is 7.74. The third-order valence-electron chi connectivity index (χ3n) is 4.96. The van der Waals surface area contributed by atoms with Gasteiger partial charge in [-0.25, -0.2) is 13.8 Å². The minimum absolute atomic E-state index is 0.0250. The molecular weight excluding hydrogens is 288 g/mol. The van der Waals surface area contributed by atoms with Gasteiger partial charge in [0.15, 0.2) is 11.6 Å². The van der Waals surface area contributed by atoms with E-state index in [2.05, 4.69) is 15.3 Å². The smallest absolute Gasteiger partial charge is 0.223 e. The molecule has 2 fully saturated rings. The zero-order valence-corrected chi connectivity index (χ0v) is 12.0. The molecule has 1 amide bonds. The Morgan fingerprint density at radius 2 is 2.18 bits per heavy atom. The number of hydrogen-bond acceptors (Lipinski definition) is 2. The van der Waals surface area contributed by atoms with Crippen molar-refractivity contribution in [2.24, 2.45) is 17.8 Å². The highest BCUT2D eigenvalue weighted by Gasteiger charge is 2.48. The minimum atomic E-state index is -0.960. The number of H-pyrrole nitrogens is 1. The van der Waals surface area contributed by atoms with Crippen LogP contribution in [0.5, 0.6) is 0 Å². The Morgan fingerprint density at radius 3 is 2.91 bits per heavy atom. The van der Waals surface area contributed by atoms with Gasteiger partial charge in [-0.1, -0.05) is 19.3 Å². The van der Waals surface area contributed by atoms with E-state index in [9.17, 15) is 13.6 Å². The minimum Gasteiger partial charge on any atom is -0.349 e. The molecule has 0 spiro atoms. The van der Waals surface area contributed by atoms with Crippen LogP contribution in [0.15, 0.2) is 12.1 Å². The summed E-state index contributed by atoms with van der Waals surface area (Å²) < 4.78 is 26.7. The number of benzene rings is 1. The highest BCUT2D eigenvalue weighted by Crippen LogP contribution is 2.51. The van der Waals surface area contributed by atoms with E-state index in [1.54, 1.807) is 0 Å². The molecule has 6 heteroatoms. The van der Waals surface area contributed by atoms with E-state index in [4.69, 9.17) is 0 Å². The highest BCUT2D eigenvalue weighted by atomic mass is 19.2. The van der Waals surface area contributed by atoms with Gasteiger partial charge in [-0.3, -0.25) is 4.79 Å².